The number of carbonyl (C=O) groups excluding carboxylic acids is 2. The number of nitrogens with one attached hydrogen (secondary N) is 1. The number of H-pyrrole nitrogens is 1. The van der Waals surface area contributed by atoms with Crippen molar-refractivity contribution in [1.82, 2.24) is 9.88 Å². The Hall–Kier alpha value is -4.27. The van der Waals surface area contributed by atoms with Gasteiger partial charge in [0.15, 0.2) is 11.5 Å². The van der Waals surface area contributed by atoms with E-state index in [9.17, 15) is 14.7 Å². The summed E-state index contributed by atoms with van der Waals surface area (Å²) in [6.07, 6.45) is 7.00. The first-order chi connectivity index (χ1) is 18.0. The SMILES string of the molecule is CCCOc1ccc(C2C(=C(O)c3ccc(OC)cc3)C(=O)C(=O)N2CCC[n+]2cc[nH]c2)cc1OC. The number of Topliss-reactive ketones (excluding diaryl/α,β-unsaturated/α-hetero) is 1. The van der Waals surface area contributed by atoms with Gasteiger partial charge in [0, 0.05) is 18.5 Å². The fraction of sp³-hybridized carbons (Fsp3) is 0.321. The number of ketones is 1. The lowest BCUT2D eigenvalue weighted by atomic mass is 9.95. The number of carbonyl (C=O) groups is 2. The number of aromatic nitrogens is 2. The first-order valence-electron chi connectivity index (χ1n) is 12.2. The maximum Gasteiger partial charge on any atom is 0.295 e. The summed E-state index contributed by atoms with van der Waals surface area (Å²) in [5.41, 5.74) is 1.10. The van der Waals surface area contributed by atoms with Crippen LogP contribution in [0.25, 0.3) is 5.76 Å². The summed E-state index contributed by atoms with van der Waals surface area (Å²) >= 11 is 0. The summed E-state index contributed by atoms with van der Waals surface area (Å²) in [4.78, 5) is 31.0. The molecule has 1 unspecified atom stereocenters. The Balaban J connectivity index is 1.75. The van der Waals surface area contributed by atoms with E-state index in [0.29, 0.717) is 54.5 Å². The third kappa shape index (κ3) is 5.45. The highest BCUT2D eigenvalue weighted by molar-refractivity contribution is 6.46. The Kier molecular flexibility index (Phi) is 8.12. The van der Waals surface area contributed by atoms with E-state index < -0.39 is 17.7 Å². The molecule has 1 atom stereocenters. The van der Waals surface area contributed by atoms with Crippen molar-refractivity contribution in [2.75, 3.05) is 27.4 Å². The molecule has 3 aromatic rings. The molecule has 2 aromatic carbocycles. The van der Waals surface area contributed by atoms with E-state index in [2.05, 4.69) is 4.98 Å². The highest BCUT2D eigenvalue weighted by Gasteiger charge is 2.46. The summed E-state index contributed by atoms with van der Waals surface area (Å²) < 4.78 is 18.5. The Morgan fingerprint density at radius 2 is 1.86 bits per heavy atom. The van der Waals surface area contributed by atoms with Gasteiger partial charge in [0.25, 0.3) is 11.7 Å². The van der Waals surface area contributed by atoms with Crippen LogP contribution < -0.4 is 18.8 Å². The van der Waals surface area contributed by atoms with Crippen LogP contribution in [0.4, 0.5) is 0 Å². The third-order valence-electron chi connectivity index (χ3n) is 6.29. The normalized spacial score (nSPS) is 16.7. The summed E-state index contributed by atoms with van der Waals surface area (Å²) in [6, 6.07) is 11.2. The van der Waals surface area contributed by atoms with Crippen molar-refractivity contribution in [2.24, 2.45) is 0 Å². The molecule has 0 aliphatic carbocycles. The van der Waals surface area contributed by atoms with Gasteiger partial charge in [0.05, 0.1) is 39.0 Å². The van der Waals surface area contributed by atoms with E-state index in [0.717, 1.165) is 6.42 Å². The molecule has 0 spiro atoms. The van der Waals surface area contributed by atoms with Crippen molar-refractivity contribution < 1.29 is 33.5 Å². The molecule has 1 saturated heterocycles. The van der Waals surface area contributed by atoms with Crippen molar-refractivity contribution in [2.45, 2.75) is 32.4 Å². The van der Waals surface area contributed by atoms with E-state index in [-0.39, 0.29) is 11.3 Å². The second kappa shape index (κ2) is 11.6. The van der Waals surface area contributed by atoms with Crippen molar-refractivity contribution in [3.8, 4) is 17.2 Å². The van der Waals surface area contributed by atoms with Crippen LogP contribution in [0, 0.1) is 0 Å². The van der Waals surface area contributed by atoms with Crippen LogP contribution in [-0.2, 0) is 16.1 Å². The molecule has 9 nitrogen and oxygen atoms in total. The molecule has 1 aliphatic heterocycles. The zero-order valence-electron chi connectivity index (χ0n) is 21.3. The van der Waals surface area contributed by atoms with Crippen LogP contribution in [0.5, 0.6) is 17.2 Å². The molecule has 4 rings (SSSR count). The van der Waals surface area contributed by atoms with E-state index >= 15 is 0 Å². The van der Waals surface area contributed by atoms with Gasteiger partial charge >= 0.3 is 0 Å². The van der Waals surface area contributed by atoms with Crippen LogP contribution in [0.1, 0.15) is 36.9 Å². The number of aliphatic hydroxyl groups excluding tert-OH is 1. The number of amides is 1. The second-order valence-electron chi connectivity index (χ2n) is 8.68. The molecule has 1 amide bonds. The van der Waals surface area contributed by atoms with Gasteiger partial charge < -0.3 is 24.2 Å². The maximum atomic E-state index is 13.3. The molecular weight excluding hydrogens is 474 g/mol. The molecule has 1 fully saturated rings. The summed E-state index contributed by atoms with van der Waals surface area (Å²) in [5.74, 6) is 0.0669. The molecular formula is C28H32N3O6+. The highest BCUT2D eigenvalue weighted by Crippen LogP contribution is 2.42. The number of hydrogen-bond acceptors (Lipinski definition) is 6. The number of methoxy groups -OCH3 is 2. The number of aliphatic hydroxyl groups is 1. The summed E-state index contributed by atoms with van der Waals surface area (Å²) in [7, 11) is 3.09. The van der Waals surface area contributed by atoms with E-state index in [1.807, 2.05) is 30.2 Å². The molecule has 1 aromatic heterocycles. The number of likely N-dealkylation sites (tertiary alicyclic amines) is 1. The minimum absolute atomic E-state index is 0.0359. The monoisotopic (exact) mass is 506 g/mol. The van der Waals surface area contributed by atoms with Crippen molar-refractivity contribution in [3.05, 3.63) is 77.9 Å². The molecule has 37 heavy (non-hydrogen) atoms. The number of benzene rings is 2. The lowest BCUT2D eigenvalue weighted by Crippen LogP contribution is -2.36. The van der Waals surface area contributed by atoms with E-state index in [4.69, 9.17) is 14.2 Å². The fourth-order valence-electron chi connectivity index (χ4n) is 4.43. The first kappa shape index (κ1) is 25.8. The van der Waals surface area contributed by atoms with E-state index in [1.54, 1.807) is 56.7 Å². The van der Waals surface area contributed by atoms with Gasteiger partial charge in [-0.15, -0.1) is 0 Å². The second-order valence-corrected chi connectivity index (χ2v) is 8.68. The number of ether oxygens (including phenoxy) is 3. The number of hydrogen-bond donors (Lipinski definition) is 2. The van der Waals surface area contributed by atoms with Crippen molar-refractivity contribution in [1.29, 1.82) is 0 Å². The van der Waals surface area contributed by atoms with Crippen LogP contribution in [0.15, 0.2) is 66.8 Å². The van der Waals surface area contributed by atoms with Gasteiger partial charge in [-0.3, -0.25) is 14.6 Å². The van der Waals surface area contributed by atoms with Crippen molar-refractivity contribution >= 4 is 17.4 Å². The van der Waals surface area contributed by atoms with Crippen LogP contribution in [0.3, 0.4) is 0 Å². The minimum Gasteiger partial charge on any atom is -0.507 e. The molecule has 2 N–H and O–H groups in total. The van der Waals surface area contributed by atoms with Gasteiger partial charge in [-0.25, -0.2) is 4.57 Å². The van der Waals surface area contributed by atoms with Crippen molar-refractivity contribution in [3.63, 3.8) is 0 Å². The first-order valence-corrected chi connectivity index (χ1v) is 12.2. The summed E-state index contributed by atoms with van der Waals surface area (Å²) in [6.45, 7) is 3.52. The fourth-order valence-corrected chi connectivity index (χ4v) is 4.43. The topological polar surface area (TPSA) is 105 Å². The lowest BCUT2D eigenvalue weighted by molar-refractivity contribution is -0.695. The van der Waals surface area contributed by atoms with E-state index in [1.165, 1.54) is 4.90 Å². The third-order valence-corrected chi connectivity index (χ3v) is 6.29. The number of nitrogens with zero attached hydrogens (tertiary/aromatic N) is 2. The predicted octanol–water partition coefficient (Wildman–Crippen LogP) is 3.62. The standard InChI is InChI=1S/C28H31N3O6/c1-4-16-37-22-11-8-20(17-23(22)36-3)25-24(26(32)19-6-9-21(35-2)10-7-19)27(33)28(34)31(25)14-5-13-30-15-12-29-18-30/h6-12,15,17-18,25H,4-5,13-14,16H2,1-3H3,(H,32,33)/p+1. The molecule has 9 heteroatoms. The largest absolute Gasteiger partial charge is 0.507 e. The molecule has 0 radical (unpaired) electrons. The van der Waals surface area contributed by atoms with Gasteiger partial charge in [0.2, 0.25) is 6.33 Å². The van der Waals surface area contributed by atoms with Crippen LogP contribution >= 0.6 is 0 Å². The predicted molar refractivity (Wildman–Crippen MR) is 136 cm³/mol. The van der Waals surface area contributed by atoms with Gasteiger partial charge in [-0.2, -0.15) is 0 Å². The highest BCUT2D eigenvalue weighted by atomic mass is 16.5. The Morgan fingerprint density at radius 3 is 2.51 bits per heavy atom. The number of aryl methyl sites for hydroxylation is 1. The molecule has 1 aliphatic rings. The molecule has 0 bridgehead atoms. The average molecular weight is 507 g/mol. The maximum absolute atomic E-state index is 13.3. The Morgan fingerprint density at radius 1 is 1.08 bits per heavy atom. The molecule has 194 valence electrons. The minimum atomic E-state index is -0.785. The van der Waals surface area contributed by atoms with Crippen LogP contribution in [-0.4, -0.2) is 54.1 Å². The quantitative estimate of drug-likeness (QED) is 0.178. The number of rotatable bonds is 11. The smallest absolute Gasteiger partial charge is 0.295 e. The average Bonchev–Trinajstić information content (AvgIpc) is 3.54. The van der Waals surface area contributed by atoms with Gasteiger partial charge in [-0.1, -0.05) is 13.0 Å². The summed E-state index contributed by atoms with van der Waals surface area (Å²) in [5, 5.41) is 11.3. The number of aromatic amines is 1. The molecule has 2 heterocycles. The Bertz CT molecular complexity index is 1270. The zero-order chi connectivity index (χ0) is 26.4. The lowest BCUT2D eigenvalue weighted by Gasteiger charge is -2.26. The molecule has 0 saturated carbocycles. The van der Waals surface area contributed by atoms with Gasteiger partial charge in [-0.05, 0) is 48.4 Å². The zero-order valence-corrected chi connectivity index (χ0v) is 21.3. The Labute approximate surface area is 215 Å². The number of imidazole rings is 1. The van der Waals surface area contributed by atoms with Gasteiger partial charge in [0.1, 0.15) is 23.9 Å². The van der Waals surface area contributed by atoms with Crippen LogP contribution in [0.2, 0.25) is 0 Å².